The van der Waals surface area contributed by atoms with Crippen molar-refractivity contribution < 1.29 is 4.79 Å². The summed E-state index contributed by atoms with van der Waals surface area (Å²) in [4.78, 5) is 14.3. The molecule has 3 heteroatoms. The van der Waals surface area contributed by atoms with Gasteiger partial charge >= 0.3 is 0 Å². The molecule has 21 heavy (non-hydrogen) atoms. The summed E-state index contributed by atoms with van der Waals surface area (Å²) in [5.74, 6) is 2.40. The van der Waals surface area contributed by atoms with Crippen LogP contribution in [-0.4, -0.2) is 28.4 Å². The summed E-state index contributed by atoms with van der Waals surface area (Å²) >= 11 is 1.99. The number of benzene rings is 1. The van der Waals surface area contributed by atoms with E-state index in [4.69, 9.17) is 0 Å². The normalized spacial score (nSPS) is 18.3. The van der Waals surface area contributed by atoms with Crippen LogP contribution < -0.4 is 0 Å². The van der Waals surface area contributed by atoms with Crippen LogP contribution in [-0.2, 0) is 24.2 Å². The molecule has 0 atom stereocenters. The van der Waals surface area contributed by atoms with Gasteiger partial charge in [-0.15, -0.1) is 0 Å². The van der Waals surface area contributed by atoms with Crippen LogP contribution in [0.5, 0.6) is 0 Å². The number of carbonyl (C=O) groups excluding carboxylic acids is 1. The smallest absolute Gasteiger partial charge is 0.246 e. The fourth-order valence-corrected chi connectivity index (χ4v) is 4.50. The molecule has 2 aliphatic rings. The Morgan fingerprint density at radius 1 is 1.29 bits per heavy atom. The van der Waals surface area contributed by atoms with Crippen molar-refractivity contribution in [2.75, 3.05) is 11.5 Å². The topological polar surface area (TPSA) is 20.3 Å². The van der Waals surface area contributed by atoms with Crippen molar-refractivity contribution >= 4 is 17.7 Å². The molecule has 0 saturated carbocycles. The Morgan fingerprint density at radius 3 is 2.81 bits per heavy atom. The number of nitrogens with zero attached hydrogens (tertiary/aromatic N) is 1. The number of carbonyl (C=O) groups is 1. The first kappa shape index (κ1) is 14.7. The van der Waals surface area contributed by atoms with E-state index in [2.05, 4.69) is 24.8 Å². The summed E-state index contributed by atoms with van der Waals surface area (Å²) in [6.07, 6.45) is 7.36. The monoisotopic (exact) mass is 301 g/mol. The predicted molar refractivity (Wildman–Crippen MR) is 89.6 cm³/mol. The van der Waals surface area contributed by atoms with Crippen molar-refractivity contribution in [3.8, 4) is 0 Å². The van der Waals surface area contributed by atoms with Crippen LogP contribution >= 0.6 is 11.8 Å². The Morgan fingerprint density at radius 2 is 2.05 bits per heavy atom. The van der Waals surface area contributed by atoms with Gasteiger partial charge in [-0.25, -0.2) is 0 Å². The highest BCUT2D eigenvalue weighted by Gasteiger charge is 2.24. The molecule has 3 rings (SSSR count). The zero-order chi connectivity index (χ0) is 14.7. The lowest BCUT2D eigenvalue weighted by atomic mass is 10.0. The predicted octanol–water partition coefficient (Wildman–Crippen LogP) is 3.59. The van der Waals surface area contributed by atoms with Gasteiger partial charge in [0, 0.05) is 12.6 Å². The summed E-state index contributed by atoms with van der Waals surface area (Å²) in [6, 6.07) is 7.14. The molecule has 2 nitrogen and oxygen atoms in total. The third kappa shape index (κ3) is 3.34. The van der Waals surface area contributed by atoms with Gasteiger partial charge in [0.1, 0.15) is 0 Å². The molecular formula is C18H23NOS. The van der Waals surface area contributed by atoms with Gasteiger partial charge < -0.3 is 4.90 Å². The summed E-state index contributed by atoms with van der Waals surface area (Å²) in [6.45, 7) is 4.41. The van der Waals surface area contributed by atoms with Crippen LogP contribution in [0.3, 0.4) is 0 Å². The standard InChI is InChI=1S/C18H23NOS/c1-2-18(20)19(17-8-10-21-11-9-17)13-14-6-7-15-4-3-5-16(15)12-14/h2,6-7,12,17H,1,3-5,8-11,13H2. The maximum absolute atomic E-state index is 12.3. The van der Waals surface area contributed by atoms with Crippen molar-refractivity contribution in [2.45, 2.75) is 44.7 Å². The molecule has 0 radical (unpaired) electrons. The molecule has 1 aliphatic heterocycles. The minimum Gasteiger partial charge on any atom is -0.332 e. The van der Waals surface area contributed by atoms with E-state index in [9.17, 15) is 4.79 Å². The Bertz CT molecular complexity index is 534. The fourth-order valence-electron chi connectivity index (χ4n) is 3.42. The van der Waals surface area contributed by atoms with Crippen LogP contribution in [0.15, 0.2) is 30.9 Å². The highest BCUT2D eigenvalue weighted by Crippen LogP contribution is 2.26. The van der Waals surface area contributed by atoms with Crippen LogP contribution in [0.25, 0.3) is 0 Å². The molecule has 0 unspecified atom stereocenters. The average molecular weight is 301 g/mol. The SMILES string of the molecule is C=CC(=O)N(Cc1ccc2c(c1)CCC2)C1CCSCC1. The number of hydrogen-bond donors (Lipinski definition) is 0. The van der Waals surface area contributed by atoms with Gasteiger partial charge in [0.2, 0.25) is 5.91 Å². The second kappa shape index (κ2) is 6.69. The van der Waals surface area contributed by atoms with Crippen LogP contribution in [0.1, 0.15) is 36.0 Å². The summed E-state index contributed by atoms with van der Waals surface area (Å²) < 4.78 is 0. The number of aryl methyl sites for hydroxylation is 2. The van der Waals surface area contributed by atoms with Gasteiger partial charge in [-0.2, -0.15) is 11.8 Å². The van der Waals surface area contributed by atoms with Gasteiger partial charge in [-0.3, -0.25) is 4.79 Å². The zero-order valence-corrected chi connectivity index (χ0v) is 13.3. The van der Waals surface area contributed by atoms with Crippen LogP contribution in [0.4, 0.5) is 0 Å². The fraction of sp³-hybridized carbons (Fsp3) is 0.500. The van der Waals surface area contributed by atoms with E-state index in [-0.39, 0.29) is 5.91 Å². The van der Waals surface area contributed by atoms with Crippen molar-refractivity contribution in [3.05, 3.63) is 47.5 Å². The third-order valence-corrected chi connectivity index (χ3v) is 5.65. The van der Waals surface area contributed by atoms with Crippen molar-refractivity contribution in [1.29, 1.82) is 0 Å². The molecule has 0 N–H and O–H groups in total. The van der Waals surface area contributed by atoms with Gasteiger partial charge in [0.25, 0.3) is 0 Å². The van der Waals surface area contributed by atoms with E-state index >= 15 is 0 Å². The first-order valence-electron chi connectivity index (χ1n) is 7.89. The lowest BCUT2D eigenvalue weighted by Crippen LogP contribution is -2.41. The van der Waals surface area contributed by atoms with Gasteiger partial charge in [-0.1, -0.05) is 24.8 Å². The second-order valence-electron chi connectivity index (χ2n) is 5.97. The molecule has 1 heterocycles. The van der Waals surface area contributed by atoms with E-state index in [1.807, 2.05) is 16.7 Å². The lowest BCUT2D eigenvalue weighted by molar-refractivity contribution is -0.129. The Labute approximate surface area is 131 Å². The largest absolute Gasteiger partial charge is 0.332 e. The molecule has 1 aromatic rings. The summed E-state index contributed by atoms with van der Waals surface area (Å²) in [5, 5.41) is 0. The first-order chi connectivity index (χ1) is 10.3. The van der Waals surface area contributed by atoms with Crippen molar-refractivity contribution in [3.63, 3.8) is 0 Å². The number of hydrogen-bond acceptors (Lipinski definition) is 2. The molecule has 1 saturated heterocycles. The highest BCUT2D eigenvalue weighted by molar-refractivity contribution is 7.99. The van der Waals surface area contributed by atoms with Crippen LogP contribution in [0, 0.1) is 0 Å². The molecule has 0 spiro atoms. The summed E-state index contributed by atoms with van der Waals surface area (Å²) in [5.41, 5.74) is 4.25. The summed E-state index contributed by atoms with van der Waals surface area (Å²) in [7, 11) is 0. The van der Waals surface area contributed by atoms with Crippen molar-refractivity contribution in [2.24, 2.45) is 0 Å². The molecule has 112 valence electrons. The molecule has 0 aromatic heterocycles. The minimum atomic E-state index is 0.0763. The number of amides is 1. The average Bonchev–Trinajstić information content (AvgIpc) is 3.00. The maximum atomic E-state index is 12.3. The van der Waals surface area contributed by atoms with Gasteiger partial charge in [-0.05, 0) is 66.4 Å². The zero-order valence-electron chi connectivity index (χ0n) is 12.5. The van der Waals surface area contributed by atoms with E-state index in [0.717, 1.165) is 30.9 Å². The second-order valence-corrected chi connectivity index (χ2v) is 7.20. The van der Waals surface area contributed by atoms with E-state index < -0.39 is 0 Å². The quantitative estimate of drug-likeness (QED) is 0.792. The molecule has 1 aromatic carbocycles. The number of thioether (sulfide) groups is 1. The van der Waals surface area contributed by atoms with Gasteiger partial charge in [0.05, 0.1) is 0 Å². The van der Waals surface area contributed by atoms with E-state index in [0.29, 0.717) is 6.04 Å². The Balaban J connectivity index is 1.77. The van der Waals surface area contributed by atoms with Crippen molar-refractivity contribution in [1.82, 2.24) is 4.90 Å². The minimum absolute atomic E-state index is 0.0763. The molecule has 0 bridgehead atoms. The van der Waals surface area contributed by atoms with E-state index in [1.165, 1.54) is 42.0 Å². The molecule has 1 aliphatic carbocycles. The highest BCUT2D eigenvalue weighted by atomic mass is 32.2. The van der Waals surface area contributed by atoms with E-state index in [1.54, 1.807) is 0 Å². The maximum Gasteiger partial charge on any atom is 0.246 e. The first-order valence-corrected chi connectivity index (χ1v) is 9.05. The molecular weight excluding hydrogens is 278 g/mol. The number of rotatable bonds is 4. The van der Waals surface area contributed by atoms with Crippen LogP contribution in [0.2, 0.25) is 0 Å². The Hall–Kier alpha value is -1.22. The third-order valence-electron chi connectivity index (χ3n) is 4.61. The van der Waals surface area contributed by atoms with Gasteiger partial charge in [0.15, 0.2) is 0 Å². The lowest BCUT2D eigenvalue weighted by Gasteiger charge is -2.33. The Kier molecular flexibility index (Phi) is 4.69. The number of fused-ring (bicyclic) bond motifs is 1. The molecule has 1 fully saturated rings. The molecule has 1 amide bonds.